The molecule has 1 aliphatic heterocycles. The summed E-state index contributed by atoms with van der Waals surface area (Å²) in [6.45, 7) is 2.30. The molecular weight excluding hydrogens is 552 g/mol. The highest BCUT2D eigenvalue weighted by molar-refractivity contribution is 5.99. The predicted octanol–water partition coefficient (Wildman–Crippen LogP) is 4.72. The Morgan fingerprint density at radius 3 is 2.36 bits per heavy atom. The van der Waals surface area contributed by atoms with Gasteiger partial charge < -0.3 is 20.9 Å². The summed E-state index contributed by atoms with van der Waals surface area (Å²) in [4.78, 5) is 43.2. The molecule has 44 heavy (non-hydrogen) atoms. The third kappa shape index (κ3) is 7.75. The Labute approximate surface area is 260 Å². The van der Waals surface area contributed by atoms with E-state index in [-0.39, 0.29) is 29.6 Å². The van der Waals surface area contributed by atoms with Gasteiger partial charge in [-0.1, -0.05) is 67.8 Å². The first-order chi connectivity index (χ1) is 21.4. The molecule has 4 atom stereocenters. The first kappa shape index (κ1) is 31.4. The zero-order valence-corrected chi connectivity index (χ0v) is 26.0. The van der Waals surface area contributed by atoms with E-state index in [2.05, 4.69) is 45.3 Å². The molecule has 5 rings (SSSR count). The molecule has 9 nitrogen and oxygen atoms in total. The van der Waals surface area contributed by atoms with E-state index in [1.165, 1.54) is 5.56 Å². The van der Waals surface area contributed by atoms with Gasteiger partial charge in [0.05, 0.1) is 17.9 Å². The number of benzene rings is 2. The van der Waals surface area contributed by atoms with Crippen molar-refractivity contribution in [3.8, 4) is 5.69 Å². The molecule has 2 heterocycles. The van der Waals surface area contributed by atoms with E-state index in [9.17, 15) is 14.4 Å². The zero-order chi connectivity index (χ0) is 30.9. The van der Waals surface area contributed by atoms with Gasteiger partial charge in [0.1, 0.15) is 17.9 Å². The van der Waals surface area contributed by atoms with Crippen molar-refractivity contribution in [3.63, 3.8) is 0 Å². The van der Waals surface area contributed by atoms with E-state index in [0.29, 0.717) is 18.8 Å². The molecule has 3 N–H and O–H groups in total. The molecule has 1 saturated carbocycles. The normalized spacial score (nSPS) is 20.2. The van der Waals surface area contributed by atoms with E-state index in [1.807, 2.05) is 36.4 Å². The van der Waals surface area contributed by atoms with Gasteiger partial charge in [-0.15, -0.1) is 0 Å². The number of likely N-dealkylation sites (tertiary alicyclic amines) is 1. The molecule has 234 valence electrons. The van der Waals surface area contributed by atoms with E-state index >= 15 is 0 Å². The number of aryl methyl sites for hydroxylation is 1. The van der Waals surface area contributed by atoms with E-state index in [0.717, 1.165) is 57.1 Å². The summed E-state index contributed by atoms with van der Waals surface area (Å²) in [6, 6.07) is 20.1. The number of hydrogen-bond acceptors (Lipinski definition) is 5. The molecule has 0 unspecified atom stereocenters. The number of aromatic nitrogens is 2. The van der Waals surface area contributed by atoms with Crippen LogP contribution in [-0.2, 0) is 20.8 Å². The summed E-state index contributed by atoms with van der Waals surface area (Å²) in [5.41, 5.74) is 2.13. The van der Waals surface area contributed by atoms with Crippen LogP contribution in [0.2, 0.25) is 0 Å². The number of likely N-dealkylation sites (N-methyl/N-ethyl adjacent to an activating group) is 1. The molecular formula is C35H46N6O3. The lowest BCUT2D eigenvalue weighted by Crippen LogP contribution is -2.57. The molecule has 1 aromatic heterocycles. The average molecular weight is 599 g/mol. The molecule has 2 fully saturated rings. The van der Waals surface area contributed by atoms with Crippen molar-refractivity contribution < 1.29 is 14.4 Å². The highest BCUT2D eigenvalue weighted by Crippen LogP contribution is 2.33. The fraction of sp³-hybridized carbons (Fsp3) is 0.486. The van der Waals surface area contributed by atoms with Crippen LogP contribution in [0.1, 0.15) is 63.9 Å². The zero-order valence-electron chi connectivity index (χ0n) is 26.0. The Balaban J connectivity index is 1.36. The lowest BCUT2D eigenvalue weighted by atomic mass is 9.83. The van der Waals surface area contributed by atoms with Crippen molar-refractivity contribution in [2.45, 2.75) is 82.8 Å². The average Bonchev–Trinajstić information content (AvgIpc) is 3.71. The van der Waals surface area contributed by atoms with Crippen LogP contribution in [0.3, 0.4) is 0 Å². The van der Waals surface area contributed by atoms with Crippen molar-refractivity contribution in [1.29, 1.82) is 0 Å². The molecule has 0 radical (unpaired) electrons. The van der Waals surface area contributed by atoms with Gasteiger partial charge in [0.15, 0.2) is 0 Å². The standard InChI is InChI=1S/C35H46N6O3/c1-25(36-2)33(42)39-32(28-17-8-4-9-18-28)35(44)40-24-27(16-12-15-26-13-6-3-7-14-26)23-30(40)34(43)38-31-21-22-37-41(31)29-19-10-5-11-20-29/h3,5-7,10-11,13-14,19-22,25,27-28,30,32,36H,4,8-9,12,15-18,23-24H2,1-2H3,(H,38,43)(H,39,42)/t25-,27-,30-,32-/m0/s1. The number of anilines is 1. The molecule has 1 saturated heterocycles. The van der Waals surface area contributed by atoms with Crippen molar-refractivity contribution in [2.75, 3.05) is 18.9 Å². The number of rotatable bonds is 12. The quantitative estimate of drug-likeness (QED) is 0.280. The maximum absolute atomic E-state index is 14.4. The summed E-state index contributed by atoms with van der Waals surface area (Å²) in [6.07, 6.45) is 10.1. The predicted molar refractivity (Wildman–Crippen MR) is 172 cm³/mol. The Kier molecular flexibility index (Phi) is 10.8. The maximum Gasteiger partial charge on any atom is 0.248 e. The van der Waals surface area contributed by atoms with E-state index in [1.54, 1.807) is 35.8 Å². The molecule has 1 aliphatic carbocycles. The van der Waals surface area contributed by atoms with Crippen LogP contribution >= 0.6 is 0 Å². The first-order valence-electron chi connectivity index (χ1n) is 16.2. The minimum atomic E-state index is -0.646. The van der Waals surface area contributed by atoms with Gasteiger partial charge in [0.25, 0.3) is 0 Å². The van der Waals surface area contributed by atoms with Crippen molar-refractivity contribution in [3.05, 3.63) is 78.5 Å². The Hall–Kier alpha value is -3.98. The van der Waals surface area contributed by atoms with Crippen LogP contribution < -0.4 is 16.0 Å². The second kappa shape index (κ2) is 15.1. The summed E-state index contributed by atoms with van der Waals surface area (Å²) >= 11 is 0. The Bertz CT molecular complexity index is 1370. The molecule has 2 aromatic carbocycles. The first-order valence-corrected chi connectivity index (χ1v) is 16.2. The minimum absolute atomic E-state index is 0.0598. The second-order valence-electron chi connectivity index (χ2n) is 12.3. The number of carbonyl (C=O) groups excluding carboxylic acids is 3. The monoisotopic (exact) mass is 598 g/mol. The molecule has 3 amide bonds. The van der Waals surface area contributed by atoms with E-state index < -0.39 is 18.1 Å². The van der Waals surface area contributed by atoms with Gasteiger partial charge in [-0.3, -0.25) is 14.4 Å². The number of nitrogens with one attached hydrogen (secondary N) is 3. The van der Waals surface area contributed by atoms with Gasteiger partial charge in [-0.25, -0.2) is 4.68 Å². The SMILES string of the molecule is CN[C@@H](C)C(=O)N[C@H](C(=O)N1C[C@@H](CCCc2ccccc2)C[C@H]1C(=O)Nc1ccnn1-c1ccccc1)C1CCCCC1. The fourth-order valence-corrected chi connectivity index (χ4v) is 6.68. The lowest BCUT2D eigenvalue weighted by Gasteiger charge is -2.35. The molecule has 2 aliphatic rings. The van der Waals surface area contributed by atoms with Gasteiger partial charge in [-0.05, 0) is 82.0 Å². The summed E-state index contributed by atoms with van der Waals surface area (Å²) in [5.74, 6) is 0.250. The Morgan fingerprint density at radius 1 is 0.955 bits per heavy atom. The molecule has 3 aromatic rings. The van der Waals surface area contributed by atoms with Gasteiger partial charge in [0.2, 0.25) is 17.7 Å². The molecule has 9 heteroatoms. The van der Waals surface area contributed by atoms with Gasteiger partial charge in [-0.2, -0.15) is 5.10 Å². The lowest BCUT2D eigenvalue weighted by molar-refractivity contribution is -0.142. The van der Waals surface area contributed by atoms with Crippen molar-refractivity contribution >= 4 is 23.5 Å². The smallest absolute Gasteiger partial charge is 0.248 e. The number of nitrogens with zero attached hydrogens (tertiary/aromatic N) is 3. The largest absolute Gasteiger partial charge is 0.343 e. The van der Waals surface area contributed by atoms with Crippen LogP contribution in [0, 0.1) is 11.8 Å². The third-order valence-electron chi connectivity index (χ3n) is 9.30. The Morgan fingerprint density at radius 2 is 1.66 bits per heavy atom. The number of para-hydroxylation sites is 1. The van der Waals surface area contributed by atoms with Crippen LogP contribution in [0.4, 0.5) is 5.82 Å². The molecule has 0 bridgehead atoms. The maximum atomic E-state index is 14.4. The highest BCUT2D eigenvalue weighted by atomic mass is 16.2. The summed E-state index contributed by atoms with van der Waals surface area (Å²) < 4.78 is 1.69. The third-order valence-corrected chi connectivity index (χ3v) is 9.30. The van der Waals surface area contributed by atoms with Crippen LogP contribution in [0.5, 0.6) is 0 Å². The van der Waals surface area contributed by atoms with E-state index in [4.69, 9.17) is 0 Å². The number of carbonyl (C=O) groups is 3. The van der Waals surface area contributed by atoms with Crippen LogP contribution in [-0.4, -0.2) is 64.1 Å². The van der Waals surface area contributed by atoms with Gasteiger partial charge in [0, 0.05) is 12.6 Å². The van der Waals surface area contributed by atoms with Crippen LogP contribution in [0.25, 0.3) is 5.69 Å². The van der Waals surface area contributed by atoms with Crippen molar-refractivity contribution in [2.24, 2.45) is 11.8 Å². The molecule has 0 spiro atoms. The number of hydrogen-bond donors (Lipinski definition) is 3. The number of amides is 3. The van der Waals surface area contributed by atoms with Gasteiger partial charge >= 0.3 is 0 Å². The highest BCUT2D eigenvalue weighted by Gasteiger charge is 2.44. The second-order valence-corrected chi connectivity index (χ2v) is 12.3. The van der Waals surface area contributed by atoms with Crippen molar-refractivity contribution in [1.82, 2.24) is 25.3 Å². The fourth-order valence-electron chi connectivity index (χ4n) is 6.68. The minimum Gasteiger partial charge on any atom is -0.343 e. The van der Waals surface area contributed by atoms with Crippen LogP contribution in [0.15, 0.2) is 72.9 Å². The topological polar surface area (TPSA) is 108 Å². The summed E-state index contributed by atoms with van der Waals surface area (Å²) in [5, 5.41) is 13.6. The summed E-state index contributed by atoms with van der Waals surface area (Å²) in [7, 11) is 1.74.